The van der Waals surface area contributed by atoms with Crippen LogP contribution in [0.25, 0.3) is 0 Å². The van der Waals surface area contributed by atoms with E-state index in [4.69, 9.17) is 0 Å². The van der Waals surface area contributed by atoms with Crippen LogP contribution in [0.5, 0.6) is 0 Å². The Kier molecular flexibility index (Phi) is 9.43. The lowest BCUT2D eigenvalue weighted by molar-refractivity contribution is -0.145. The molecular weight excluding hydrogens is 464 g/mol. The Balaban J connectivity index is 1.48. The molecule has 2 aliphatic carbocycles. The van der Waals surface area contributed by atoms with Crippen LogP contribution in [0.1, 0.15) is 75.5 Å². The van der Waals surface area contributed by atoms with Crippen molar-refractivity contribution in [3.63, 3.8) is 0 Å². The summed E-state index contributed by atoms with van der Waals surface area (Å²) in [5.41, 5.74) is 0. The van der Waals surface area contributed by atoms with E-state index < -0.39 is 12.1 Å². The molecule has 8 nitrogen and oxygen atoms in total. The normalized spacial score (nSPS) is 23.1. The highest BCUT2D eigenvalue weighted by atomic mass is 32.1. The van der Waals surface area contributed by atoms with Gasteiger partial charge in [-0.25, -0.2) is 4.79 Å². The highest BCUT2D eigenvalue weighted by molar-refractivity contribution is 7.09. The lowest BCUT2D eigenvalue weighted by Crippen LogP contribution is -2.64. The minimum Gasteiger partial charge on any atom is -0.465 e. The predicted molar refractivity (Wildman–Crippen MR) is 136 cm³/mol. The molecule has 1 aromatic heterocycles. The molecule has 4 rings (SSSR count). The first-order valence-corrected chi connectivity index (χ1v) is 14.2. The van der Waals surface area contributed by atoms with E-state index in [-0.39, 0.29) is 37.5 Å². The molecule has 194 valence electrons. The Hall–Kier alpha value is -2.13. The summed E-state index contributed by atoms with van der Waals surface area (Å²) in [6.45, 7) is 0.871. The zero-order valence-corrected chi connectivity index (χ0v) is 21.4. The number of amides is 3. The van der Waals surface area contributed by atoms with Gasteiger partial charge in [0.15, 0.2) is 0 Å². The molecule has 0 bridgehead atoms. The minimum atomic E-state index is -1.05. The molecule has 9 heteroatoms. The third-order valence-electron chi connectivity index (χ3n) is 7.89. The molecule has 1 saturated heterocycles. The third-order valence-corrected chi connectivity index (χ3v) is 8.76. The number of piperazine rings is 1. The van der Waals surface area contributed by atoms with Gasteiger partial charge in [0.1, 0.15) is 6.04 Å². The van der Waals surface area contributed by atoms with Crippen molar-refractivity contribution in [1.82, 2.24) is 20.4 Å². The minimum absolute atomic E-state index is 0.0108. The average molecular weight is 505 g/mol. The number of hydrogen-bond acceptors (Lipinski definition) is 5. The number of carbonyl (C=O) groups is 3. The number of carboxylic acid groups (broad SMARTS) is 1. The lowest BCUT2D eigenvalue weighted by atomic mass is 9.83. The fourth-order valence-corrected chi connectivity index (χ4v) is 6.54. The van der Waals surface area contributed by atoms with Crippen LogP contribution in [0, 0.1) is 5.92 Å². The summed E-state index contributed by atoms with van der Waals surface area (Å²) in [7, 11) is 0. The number of hydrogen-bond donors (Lipinski definition) is 3. The number of thiophene rings is 1. The van der Waals surface area contributed by atoms with Crippen molar-refractivity contribution >= 4 is 29.2 Å². The van der Waals surface area contributed by atoms with E-state index >= 15 is 0 Å². The molecule has 3 amide bonds. The van der Waals surface area contributed by atoms with Crippen molar-refractivity contribution in [2.24, 2.45) is 5.92 Å². The Morgan fingerprint density at radius 3 is 2.40 bits per heavy atom. The zero-order valence-electron chi connectivity index (χ0n) is 20.6. The Morgan fingerprint density at radius 2 is 1.74 bits per heavy atom. The smallest absolute Gasteiger partial charge is 0.407 e. The Labute approximate surface area is 212 Å². The van der Waals surface area contributed by atoms with Gasteiger partial charge >= 0.3 is 6.09 Å². The molecule has 2 heterocycles. The third kappa shape index (κ3) is 7.19. The Morgan fingerprint density at radius 1 is 1.03 bits per heavy atom. The molecule has 1 aliphatic heterocycles. The van der Waals surface area contributed by atoms with Gasteiger partial charge in [-0.3, -0.25) is 9.59 Å². The maximum Gasteiger partial charge on any atom is 0.407 e. The van der Waals surface area contributed by atoms with Crippen molar-refractivity contribution in [3.05, 3.63) is 22.4 Å². The summed E-state index contributed by atoms with van der Waals surface area (Å²) in [5, 5.41) is 18.2. The largest absolute Gasteiger partial charge is 0.465 e. The van der Waals surface area contributed by atoms with Crippen molar-refractivity contribution in [3.8, 4) is 0 Å². The van der Waals surface area contributed by atoms with Gasteiger partial charge in [0.05, 0.1) is 19.1 Å². The van der Waals surface area contributed by atoms with Gasteiger partial charge in [0, 0.05) is 24.0 Å². The van der Waals surface area contributed by atoms with Gasteiger partial charge < -0.3 is 25.5 Å². The molecule has 1 aromatic rings. The van der Waals surface area contributed by atoms with Crippen LogP contribution in [-0.2, 0) is 16.1 Å². The molecule has 35 heavy (non-hydrogen) atoms. The molecule has 3 N–H and O–H groups in total. The van der Waals surface area contributed by atoms with Gasteiger partial charge in [-0.2, -0.15) is 0 Å². The van der Waals surface area contributed by atoms with Crippen LogP contribution < -0.4 is 10.6 Å². The summed E-state index contributed by atoms with van der Waals surface area (Å²) in [5.74, 6) is 0.203. The summed E-state index contributed by atoms with van der Waals surface area (Å²) in [6.07, 6.45) is 11.6. The second-order valence-corrected chi connectivity index (χ2v) is 11.4. The topological polar surface area (TPSA) is 102 Å². The molecular formula is C26H40N4O4S. The molecule has 2 atom stereocenters. The van der Waals surface area contributed by atoms with Crippen molar-refractivity contribution < 1.29 is 19.5 Å². The maximum atomic E-state index is 14.0. The van der Waals surface area contributed by atoms with Gasteiger partial charge in [0.2, 0.25) is 11.8 Å². The van der Waals surface area contributed by atoms with E-state index in [2.05, 4.69) is 10.6 Å². The van der Waals surface area contributed by atoms with E-state index in [1.54, 1.807) is 16.2 Å². The second kappa shape index (κ2) is 12.7. The predicted octanol–water partition coefficient (Wildman–Crippen LogP) is 3.82. The van der Waals surface area contributed by atoms with Crippen LogP contribution in [0.2, 0.25) is 0 Å². The first-order valence-electron chi connectivity index (χ1n) is 13.4. The molecule has 3 fully saturated rings. The van der Waals surface area contributed by atoms with Gasteiger partial charge in [0.25, 0.3) is 0 Å². The fourth-order valence-electron chi connectivity index (χ4n) is 5.90. The monoisotopic (exact) mass is 504 g/mol. The molecule has 2 saturated carbocycles. The first kappa shape index (κ1) is 25.9. The molecule has 0 radical (unpaired) electrons. The van der Waals surface area contributed by atoms with Gasteiger partial charge in [-0.15, -0.1) is 11.3 Å². The summed E-state index contributed by atoms with van der Waals surface area (Å²) >= 11 is 1.56. The lowest BCUT2D eigenvalue weighted by Gasteiger charge is -2.42. The zero-order chi connectivity index (χ0) is 24.6. The first-order chi connectivity index (χ1) is 17.0. The van der Waals surface area contributed by atoms with Crippen LogP contribution in [-0.4, -0.2) is 70.6 Å². The van der Waals surface area contributed by atoms with Crippen LogP contribution >= 0.6 is 11.3 Å². The van der Waals surface area contributed by atoms with E-state index in [1.165, 1.54) is 43.4 Å². The van der Waals surface area contributed by atoms with E-state index in [1.807, 2.05) is 17.5 Å². The average Bonchev–Trinajstić information content (AvgIpc) is 3.41. The van der Waals surface area contributed by atoms with Crippen LogP contribution in [0.15, 0.2) is 17.5 Å². The molecule has 1 unspecified atom stereocenters. The highest BCUT2D eigenvalue weighted by Crippen LogP contribution is 2.29. The fraction of sp³-hybridized carbons (Fsp3) is 0.731. The Bertz CT molecular complexity index is 816. The quantitative estimate of drug-likeness (QED) is 0.500. The van der Waals surface area contributed by atoms with E-state index in [0.717, 1.165) is 37.0 Å². The van der Waals surface area contributed by atoms with Gasteiger partial charge in [-0.05, 0) is 36.6 Å². The van der Waals surface area contributed by atoms with E-state index in [0.29, 0.717) is 18.5 Å². The summed E-state index contributed by atoms with van der Waals surface area (Å²) in [4.78, 5) is 42.8. The summed E-state index contributed by atoms with van der Waals surface area (Å²) in [6, 6.07) is 3.10. The second-order valence-electron chi connectivity index (χ2n) is 10.4. The summed E-state index contributed by atoms with van der Waals surface area (Å²) < 4.78 is 0. The van der Waals surface area contributed by atoms with Crippen LogP contribution in [0.3, 0.4) is 0 Å². The molecule has 3 aliphatic rings. The number of rotatable bonds is 8. The number of nitrogens with one attached hydrogen (secondary N) is 2. The van der Waals surface area contributed by atoms with Crippen LogP contribution in [0.4, 0.5) is 4.79 Å². The van der Waals surface area contributed by atoms with E-state index in [9.17, 15) is 19.5 Å². The van der Waals surface area contributed by atoms with Crippen molar-refractivity contribution in [1.29, 1.82) is 0 Å². The molecule has 0 spiro atoms. The molecule has 0 aromatic carbocycles. The number of nitrogens with zero attached hydrogens (tertiary/aromatic N) is 2. The number of carbonyl (C=O) groups excluding carboxylic acids is 2. The van der Waals surface area contributed by atoms with Crippen molar-refractivity contribution in [2.75, 3.05) is 19.6 Å². The maximum absolute atomic E-state index is 14.0. The SMILES string of the molecule is O=C(NCc1cccs1)C1CN(C(=O)O)CCN1C(=O)[C@@H](CC1CCCCC1)NC1CCCCC1. The van der Waals surface area contributed by atoms with Gasteiger partial charge in [-0.1, -0.05) is 57.4 Å². The highest BCUT2D eigenvalue weighted by Gasteiger charge is 2.40. The van der Waals surface area contributed by atoms with Crippen molar-refractivity contribution in [2.45, 2.75) is 95.3 Å². The standard InChI is InChI=1S/C26H40N4O4S/c31-24(27-17-21-12-7-15-35-21)23-18-29(26(33)34)13-14-30(23)25(32)22(16-19-8-3-1-4-9-19)28-20-10-5-2-6-11-20/h7,12,15,19-20,22-23,28H,1-6,8-11,13-14,16-18H2,(H,27,31)(H,33,34)/t22-,23?/m1/s1.